The van der Waals surface area contributed by atoms with Crippen LogP contribution in [0.2, 0.25) is 0 Å². The smallest absolute Gasteiger partial charge is 0.303 e. The Balaban J connectivity index is 3.17. The summed E-state index contributed by atoms with van der Waals surface area (Å²) in [5.74, 6) is -1.39. The minimum atomic E-state index is -2.63. The van der Waals surface area contributed by atoms with Crippen LogP contribution in [0.25, 0.3) is 0 Å². The zero-order chi connectivity index (χ0) is 13.4. The van der Waals surface area contributed by atoms with Crippen LogP contribution < -0.4 is 0 Å². The molecule has 1 heterocycles. The van der Waals surface area contributed by atoms with E-state index in [2.05, 4.69) is 10.2 Å². The van der Waals surface area contributed by atoms with E-state index in [0.717, 1.165) is 0 Å². The molecule has 2 N–H and O–H groups in total. The van der Waals surface area contributed by atoms with E-state index in [9.17, 15) is 4.79 Å². The van der Waals surface area contributed by atoms with Gasteiger partial charge in [0.2, 0.25) is 0 Å². The predicted octanol–water partition coefficient (Wildman–Crippen LogP) is 0.735. The average Bonchev–Trinajstić information content (AvgIpc) is 2.43. The Hall–Kier alpha value is -1.32. The van der Waals surface area contributed by atoms with E-state index in [1.54, 1.807) is 0 Å². The van der Waals surface area contributed by atoms with Gasteiger partial charge in [-0.2, -0.15) is 5.10 Å². The number of carboxylic acid groups (broad SMARTS) is 1. The molecule has 0 atom stereocenters. The minimum Gasteiger partial charge on any atom is -0.481 e. The predicted molar refractivity (Wildman–Crippen MR) is 39.3 cm³/mol. The molecule has 0 bridgehead atoms. The third kappa shape index (κ3) is 2.41. The van der Waals surface area contributed by atoms with Gasteiger partial charge in [0.15, 0.2) is 0 Å². The number of H-pyrrole nitrogens is 1. The molecule has 0 aromatic carbocycles. The highest BCUT2D eigenvalue weighted by Crippen LogP contribution is 2.00. The lowest BCUT2D eigenvalue weighted by atomic mass is 10.2. The molecule has 60 valence electrons. The Labute approximate surface area is 72.7 Å². The molecular weight excluding hydrogens is 144 g/mol. The average molecular weight is 160 g/mol. The van der Waals surface area contributed by atoms with Crippen LogP contribution in [-0.2, 0) is 11.2 Å². The van der Waals surface area contributed by atoms with Crippen molar-refractivity contribution in [2.24, 2.45) is 0 Å². The topological polar surface area (TPSA) is 66.0 Å². The third-order valence-corrected chi connectivity index (χ3v) is 0.939. The van der Waals surface area contributed by atoms with E-state index in [1.165, 1.54) is 0 Å². The molecule has 0 amide bonds. The molecule has 0 aliphatic carbocycles. The SMILES string of the molecule is [2H]c1c(C([2H])([2H])[2H])n[nH]c1C([2H])([2H])CC(=O)O. The fourth-order valence-electron chi connectivity index (χ4n) is 0.534. The third-order valence-electron chi connectivity index (χ3n) is 0.939. The van der Waals surface area contributed by atoms with Crippen LogP contribution in [0.1, 0.15) is 26.0 Å². The molecular formula is C7H10N2O2. The van der Waals surface area contributed by atoms with Gasteiger partial charge in [0, 0.05) is 12.5 Å². The van der Waals surface area contributed by atoms with Gasteiger partial charge in [0.25, 0.3) is 0 Å². The highest BCUT2D eigenvalue weighted by Gasteiger charge is 2.00. The van der Waals surface area contributed by atoms with Crippen molar-refractivity contribution in [1.82, 2.24) is 10.2 Å². The zero-order valence-corrected chi connectivity index (χ0v) is 5.51. The normalized spacial score (nSPS) is 20.4. The summed E-state index contributed by atoms with van der Waals surface area (Å²) < 4.78 is 43.6. The molecule has 0 aliphatic rings. The highest BCUT2D eigenvalue weighted by atomic mass is 16.4. The first-order valence-electron chi connectivity index (χ1n) is 5.83. The Kier molecular flexibility index (Phi) is 0.859. The van der Waals surface area contributed by atoms with Crippen molar-refractivity contribution in [3.63, 3.8) is 0 Å². The quantitative estimate of drug-likeness (QED) is 0.685. The molecule has 0 unspecified atom stereocenters. The summed E-state index contributed by atoms with van der Waals surface area (Å²) in [6, 6.07) is -0.615. The van der Waals surface area contributed by atoms with Crippen molar-refractivity contribution in [2.75, 3.05) is 0 Å². The number of rotatable bonds is 3. The molecule has 4 nitrogen and oxygen atoms in total. The maximum absolute atomic E-state index is 10.5. The van der Waals surface area contributed by atoms with Gasteiger partial charge >= 0.3 is 5.97 Å². The Morgan fingerprint density at radius 2 is 3.00 bits per heavy atom. The second kappa shape index (κ2) is 3.18. The number of aryl methyl sites for hydroxylation is 2. The summed E-state index contributed by atoms with van der Waals surface area (Å²) in [6.45, 7) is -2.63. The molecule has 1 aromatic rings. The largest absolute Gasteiger partial charge is 0.481 e. The second-order valence-corrected chi connectivity index (χ2v) is 1.82. The summed E-state index contributed by atoms with van der Waals surface area (Å²) in [7, 11) is 0. The van der Waals surface area contributed by atoms with Gasteiger partial charge in [0.1, 0.15) is 0 Å². The van der Waals surface area contributed by atoms with E-state index in [0.29, 0.717) is 0 Å². The van der Waals surface area contributed by atoms with Crippen LogP contribution in [0, 0.1) is 6.85 Å². The molecule has 0 aliphatic heterocycles. The van der Waals surface area contributed by atoms with Gasteiger partial charge in [-0.15, -0.1) is 0 Å². The standard InChI is InChI=1S/C7H10N2O2/c1-5-4-6(9-8-5)2-3-7(10)11/h4H,2-3H2,1H3,(H,8,9)(H,10,11)/i1D3,2D2,4D. The van der Waals surface area contributed by atoms with Gasteiger partial charge in [-0.3, -0.25) is 9.89 Å². The molecule has 4 heteroatoms. The van der Waals surface area contributed by atoms with E-state index in [1.807, 2.05) is 0 Å². The van der Waals surface area contributed by atoms with Crippen molar-refractivity contribution < 1.29 is 18.1 Å². The number of nitrogens with one attached hydrogen (secondary N) is 1. The van der Waals surface area contributed by atoms with Crippen LogP contribution in [0.5, 0.6) is 0 Å². The number of hydrogen-bond donors (Lipinski definition) is 2. The first-order chi connectivity index (χ1) is 7.55. The molecule has 1 aromatic heterocycles. The second-order valence-electron chi connectivity index (χ2n) is 1.82. The maximum Gasteiger partial charge on any atom is 0.303 e. The minimum absolute atomic E-state index is 0.439. The zero-order valence-electron chi connectivity index (χ0n) is 11.5. The highest BCUT2D eigenvalue weighted by molar-refractivity contribution is 5.66. The van der Waals surface area contributed by atoms with Crippen molar-refractivity contribution in [2.45, 2.75) is 19.6 Å². The number of nitrogens with zero attached hydrogens (tertiary/aromatic N) is 1. The summed E-state index contributed by atoms with van der Waals surface area (Å²) >= 11 is 0. The van der Waals surface area contributed by atoms with Crippen molar-refractivity contribution >= 4 is 5.97 Å². The van der Waals surface area contributed by atoms with Gasteiger partial charge in [-0.25, -0.2) is 0 Å². The lowest BCUT2D eigenvalue weighted by Gasteiger charge is -1.89. The van der Waals surface area contributed by atoms with Crippen molar-refractivity contribution in [1.29, 1.82) is 0 Å². The van der Waals surface area contributed by atoms with Crippen LogP contribution in [-0.4, -0.2) is 21.3 Å². The van der Waals surface area contributed by atoms with Crippen molar-refractivity contribution in [3.05, 3.63) is 17.4 Å². The first kappa shape index (κ1) is 2.97. The van der Waals surface area contributed by atoms with Crippen LogP contribution in [0.3, 0.4) is 0 Å². The molecule has 0 radical (unpaired) electrons. The monoisotopic (exact) mass is 160 g/mol. The molecule has 0 saturated heterocycles. The Morgan fingerprint density at radius 1 is 2.18 bits per heavy atom. The number of aromatic nitrogens is 2. The van der Waals surface area contributed by atoms with Gasteiger partial charge in [0.05, 0.1) is 13.5 Å². The number of carboxylic acids is 1. The number of aliphatic carboxylic acids is 1. The first-order valence-corrected chi connectivity index (χ1v) is 2.83. The Bertz CT molecular complexity index is 438. The fraction of sp³-hybridized carbons (Fsp3) is 0.429. The summed E-state index contributed by atoms with van der Waals surface area (Å²) in [4.78, 5) is 10.5. The van der Waals surface area contributed by atoms with Gasteiger partial charge in [-0.05, 0) is 19.3 Å². The van der Waals surface area contributed by atoms with E-state index < -0.39 is 43.0 Å². The molecule has 0 spiro atoms. The van der Waals surface area contributed by atoms with E-state index >= 15 is 0 Å². The Morgan fingerprint density at radius 3 is 3.55 bits per heavy atom. The summed E-state index contributed by atoms with van der Waals surface area (Å²) in [6.07, 6.45) is -3.24. The van der Waals surface area contributed by atoms with Gasteiger partial charge in [-0.1, -0.05) is 0 Å². The van der Waals surface area contributed by atoms with E-state index in [-0.39, 0.29) is 0 Å². The summed E-state index contributed by atoms with van der Waals surface area (Å²) in [5, 5.41) is 14.0. The summed E-state index contributed by atoms with van der Waals surface area (Å²) in [5.41, 5.74) is -1.01. The molecule has 0 fully saturated rings. The van der Waals surface area contributed by atoms with Crippen LogP contribution in [0.4, 0.5) is 0 Å². The number of aromatic amines is 1. The van der Waals surface area contributed by atoms with Crippen LogP contribution in [0.15, 0.2) is 6.04 Å². The number of carbonyl (C=O) groups is 1. The molecule has 0 saturated carbocycles. The number of hydrogen-bond acceptors (Lipinski definition) is 2. The van der Waals surface area contributed by atoms with Crippen molar-refractivity contribution in [3.8, 4) is 0 Å². The maximum atomic E-state index is 10.5. The van der Waals surface area contributed by atoms with Crippen LogP contribution >= 0.6 is 0 Å². The lowest BCUT2D eigenvalue weighted by molar-refractivity contribution is -0.136. The fourth-order valence-corrected chi connectivity index (χ4v) is 0.534. The molecule has 11 heavy (non-hydrogen) atoms. The lowest BCUT2D eigenvalue weighted by Crippen LogP contribution is -1.97. The van der Waals surface area contributed by atoms with Gasteiger partial charge < -0.3 is 5.11 Å². The van der Waals surface area contributed by atoms with E-state index in [4.69, 9.17) is 13.3 Å². The molecule has 1 rings (SSSR count).